The highest BCUT2D eigenvalue weighted by Gasteiger charge is 2.15. The molecule has 19 heavy (non-hydrogen) atoms. The highest BCUT2D eigenvalue weighted by atomic mass is 32.2. The van der Waals surface area contributed by atoms with Crippen LogP contribution in [0.2, 0.25) is 0 Å². The monoisotopic (exact) mass is 279 g/mol. The maximum atomic E-state index is 11.3. The molecule has 0 spiro atoms. The topological polar surface area (TPSA) is 78.0 Å². The standard InChI is InChI=1S/C13H17N3O2S/c1-9-5-4-6-10(2)12(9)7-16-8-13(15-11(16)3)19(14,17)18/h4-6,8H,7H2,1-3H3,(H2,14,17,18). The number of nitrogens with zero attached hydrogens (tertiary/aromatic N) is 2. The number of primary sulfonamides is 1. The normalized spacial score (nSPS) is 11.8. The van der Waals surface area contributed by atoms with Gasteiger partial charge in [0.05, 0.1) is 0 Å². The lowest BCUT2D eigenvalue weighted by Crippen LogP contribution is -2.12. The van der Waals surface area contributed by atoms with Crippen LogP contribution in [0.15, 0.2) is 29.4 Å². The SMILES string of the molecule is Cc1cccc(C)c1Cn1cc(S(N)(=O)=O)nc1C. The third kappa shape index (κ3) is 2.85. The van der Waals surface area contributed by atoms with Crippen LogP contribution < -0.4 is 5.14 Å². The number of nitrogens with two attached hydrogens (primary N) is 1. The lowest BCUT2D eigenvalue weighted by Gasteiger charge is -2.11. The summed E-state index contributed by atoms with van der Waals surface area (Å²) < 4.78 is 24.4. The van der Waals surface area contributed by atoms with E-state index in [-0.39, 0.29) is 5.03 Å². The van der Waals surface area contributed by atoms with Crippen LogP contribution in [0.5, 0.6) is 0 Å². The van der Waals surface area contributed by atoms with Crippen molar-refractivity contribution in [3.05, 3.63) is 46.9 Å². The summed E-state index contributed by atoms with van der Waals surface area (Å²) >= 11 is 0. The van der Waals surface area contributed by atoms with E-state index in [1.165, 1.54) is 22.9 Å². The molecule has 1 heterocycles. The van der Waals surface area contributed by atoms with Gasteiger partial charge in [-0.2, -0.15) is 0 Å². The van der Waals surface area contributed by atoms with Crippen LogP contribution in [-0.2, 0) is 16.6 Å². The molecule has 0 saturated carbocycles. The number of hydrogen-bond acceptors (Lipinski definition) is 3. The third-order valence-corrected chi connectivity index (χ3v) is 4.00. The van der Waals surface area contributed by atoms with E-state index in [9.17, 15) is 8.42 Å². The quantitative estimate of drug-likeness (QED) is 0.925. The van der Waals surface area contributed by atoms with Crippen LogP contribution in [0, 0.1) is 20.8 Å². The predicted molar refractivity (Wildman–Crippen MR) is 73.4 cm³/mol. The lowest BCUT2D eigenvalue weighted by molar-refractivity contribution is 0.594. The zero-order chi connectivity index (χ0) is 14.2. The zero-order valence-corrected chi connectivity index (χ0v) is 12.0. The number of benzene rings is 1. The first-order chi connectivity index (χ1) is 8.79. The van der Waals surface area contributed by atoms with E-state index < -0.39 is 10.0 Å². The van der Waals surface area contributed by atoms with Gasteiger partial charge in [-0.25, -0.2) is 18.5 Å². The molecule has 2 aromatic rings. The second-order valence-corrected chi connectivity index (χ2v) is 6.18. The number of aryl methyl sites for hydroxylation is 3. The Bertz CT molecular complexity index is 697. The van der Waals surface area contributed by atoms with Crippen LogP contribution in [0.4, 0.5) is 0 Å². The van der Waals surface area contributed by atoms with Crippen molar-refractivity contribution in [1.82, 2.24) is 9.55 Å². The Labute approximate surface area is 113 Å². The van der Waals surface area contributed by atoms with Gasteiger partial charge in [-0.05, 0) is 37.5 Å². The summed E-state index contributed by atoms with van der Waals surface area (Å²) in [7, 11) is -3.75. The Morgan fingerprint density at radius 2 is 1.79 bits per heavy atom. The molecule has 0 aliphatic carbocycles. The van der Waals surface area contributed by atoms with Gasteiger partial charge < -0.3 is 4.57 Å². The van der Waals surface area contributed by atoms with Gasteiger partial charge in [-0.1, -0.05) is 18.2 Å². The molecule has 5 nitrogen and oxygen atoms in total. The van der Waals surface area contributed by atoms with Crippen LogP contribution in [-0.4, -0.2) is 18.0 Å². The van der Waals surface area contributed by atoms with Crippen LogP contribution in [0.25, 0.3) is 0 Å². The van der Waals surface area contributed by atoms with Gasteiger partial charge in [0.25, 0.3) is 10.0 Å². The second kappa shape index (κ2) is 4.79. The highest BCUT2D eigenvalue weighted by molar-refractivity contribution is 7.89. The number of aromatic nitrogens is 2. The van der Waals surface area contributed by atoms with E-state index in [1.807, 2.05) is 32.0 Å². The summed E-state index contributed by atoms with van der Waals surface area (Å²) in [4.78, 5) is 3.99. The fourth-order valence-electron chi connectivity index (χ4n) is 2.05. The fraction of sp³-hybridized carbons (Fsp3) is 0.308. The minimum absolute atomic E-state index is 0.0868. The molecule has 0 bridgehead atoms. The lowest BCUT2D eigenvalue weighted by atomic mass is 10.0. The summed E-state index contributed by atoms with van der Waals surface area (Å²) in [6, 6.07) is 6.08. The summed E-state index contributed by atoms with van der Waals surface area (Å²) in [5, 5.41) is 5.00. The van der Waals surface area contributed by atoms with E-state index >= 15 is 0 Å². The molecule has 0 aliphatic heterocycles. The molecule has 6 heteroatoms. The van der Waals surface area contributed by atoms with Crippen molar-refractivity contribution in [2.24, 2.45) is 5.14 Å². The number of rotatable bonds is 3. The van der Waals surface area contributed by atoms with Gasteiger partial charge in [0, 0.05) is 12.7 Å². The van der Waals surface area contributed by atoms with Crippen molar-refractivity contribution in [3.63, 3.8) is 0 Å². The predicted octanol–water partition coefficient (Wildman–Crippen LogP) is 1.50. The molecule has 0 atom stereocenters. The van der Waals surface area contributed by atoms with Crippen molar-refractivity contribution in [2.75, 3.05) is 0 Å². The molecule has 0 saturated heterocycles. The first kappa shape index (κ1) is 13.8. The van der Waals surface area contributed by atoms with E-state index in [1.54, 1.807) is 11.5 Å². The molecule has 1 aromatic carbocycles. The van der Waals surface area contributed by atoms with Gasteiger partial charge in [-0.15, -0.1) is 0 Å². The number of imidazole rings is 1. The highest BCUT2D eigenvalue weighted by Crippen LogP contribution is 2.17. The molecule has 102 valence electrons. The van der Waals surface area contributed by atoms with Gasteiger partial charge in [0.15, 0.2) is 5.03 Å². The maximum absolute atomic E-state index is 11.3. The van der Waals surface area contributed by atoms with Crippen molar-refractivity contribution in [3.8, 4) is 0 Å². The van der Waals surface area contributed by atoms with Crippen molar-refractivity contribution in [1.29, 1.82) is 0 Å². The molecule has 2 rings (SSSR count). The molecule has 0 fully saturated rings. The van der Waals surface area contributed by atoms with Gasteiger partial charge in [0.1, 0.15) is 5.82 Å². The minimum Gasteiger partial charge on any atom is -0.329 e. The Morgan fingerprint density at radius 3 is 2.26 bits per heavy atom. The molecular formula is C13H17N3O2S. The summed E-state index contributed by atoms with van der Waals surface area (Å²) in [5.74, 6) is 0.631. The van der Waals surface area contributed by atoms with Crippen LogP contribution in [0.1, 0.15) is 22.5 Å². The summed E-state index contributed by atoms with van der Waals surface area (Å²) in [5.41, 5.74) is 3.51. The summed E-state index contributed by atoms with van der Waals surface area (Å²) in [6.45, 7) is 6.43. The number of sulfonamides is 1. The van der Waals surface area contributed by atoms with Crippen LogP contribution in [0.3, 0.4) is 0 Å². The fourth-order valence-corrected chi connectivity index (χ4v) is 2.58. The van der Waals surface area contributed by atoms with E-state index in [4.69, 9.17) is 5.14 Å². The van der Waals surface area contributed by atoms with Crippen molar-refractivity contribution < 1.29 is 8.42 Å². The molecule has 2 N–H and O–H groups in total. The smallest absolute Gasteiger partial charge is 0.257 e. The summed E-state index contributed by atoms with van der Waals surface area (Å²) in [6.07, 6.45) is 1.48. The Balaban J connectivity index is 2.42. The molecule has 0 aliphatic rings. The van der Waals surface area contributed by atoms with E-state index in [0.29, 0.717) is 12.4 Å². The second-order valence-electron chi connectivity index (χ2n) is 4.67. The Morgan fingerprint density at radius 1 is 1.21 bits per heavy atom. The first-order valence-electron chi connectivity index (χ1n) is 5.90. The molecule has 1 aromatic heterocycles. The molecular weight excluding hydrogens is 262 g/mol. The van der Waals surface area contributed by atoms with Gasteiger partial charge in [0.2, 0.25) is 0 Å². The van der Waals surface area contributed by atoms with E-state index in [0.717, 1.165) is 0 Å². The Kier molecular flexibility index (Phi) is 3.47. The van der Waals surface area contributed by atoms with E-state index in [2.05, 4.69) is 4.98 Å². The van der Waals surface area contributed by atoms with Gasteiger partial charge >= 0.3 is 0 Å². The molecule has 0 unspecified atom stereocenters. The first-order valence-corrected chi connectivity index (χ1v) is 7.45. The largest absolute Gasteiger partial charge is 0.329 e. The number of hydrogen-bond donors (Lipinski definition) is 1. The van der Waals surface area contributed by atoms with Crippen molar-refractivity contribution >= 4 is 10.0 Å². The average molecular weight is 279 g/mol. The average Bonchev–Trinajstić information content (AvgIpc) is 2.65. The van der Waals surface area contributed by atoms with Crippen molar-refractivity contribution in [2.45, 2.75) is 32.3 Å². The van der Waals surface area contributed by atoms with Gasteiger partial charge in [-0.3, -0.25) is 0 Å². The zero-order valence-electron chi connectivity index (χ0n) is 11.2. The third-order valence-electron chi connectivity index (χ3n) is 3.22. The maximum Gasteiger partial charge on any atom is 0.257 e. The Hall–Kier alpha value is -1.66. The van der Waals surface area contributed by atoms with Crippen LogP contribution >= 0.6 is 0 Å². The molecule has 0 amide bonds. The molecule has 0 radical (unpaired) electrons. The minimum atomic E-state index is -3.75.